The van der Waals surface area contributed by atoms with Crippen molar-refractivity contribution >= 4 is 23.2 Å². The molecule has 3 fully saturated rings. The summed E-state index contributed by atoms with van der Waals surface area (Å²) in [5.74, 6) is 3.02. The van der Waals surface area contributed by atoms with Crippen LogP contribution in [0.25, 0.3) is 33.2 Å². The summed E-state index contributed by atoms with van der Waals surface area (Å²) < 4.78 is 25.8. The van der Waals surface area contributed by atoms with Crippen LogP contribution in [0.3, 0.4) is 0 Å². The molecule has 9 rings (SSSR count). The van der Waals surface area contributed by atoms with E-state index in [1.807, 2.05) is 68.2 Å². The van der Waals surface area contributed by atoms with Gasteiger partial charge in [0.05, 0.1) is 36.9 Å². The van der Waals surface area contributed by atoms with Crippen LogP contribution in [0.1, 0.15) is 57.4 Å². The maximum atomic E-state index is 12.2. The second-order valence-electron chi connectivity index (χ2n) is 16.3. The number of carbonyl (C=O) groups excluding carboxylic acids is 1. The summed E-state index contributed by atoms with van der Waals surface area (Å²) in [7, 11) is 0. The summed E-state index contributed by atoms with van der Waals surface area (Å²) in [6.07, 6.45) is 6.51. The van der Waals surface area contributed by atoms with Crippen molar-refractivity contribution in [3.8, 4) is 45.3 Å². The fraction of sp³-hybridized carbons (Fsp3) is 0.400. The van der Waals surface area contributed by atoms with Crippen LogP contribution in [0.5, 0.6) is 23.0 Å². The lowest BCUT2D eigenvalue weighted by Crippen LogP contribution is -2.53. The highest BCUT2D eigenvalue weighted by molar-refractivity contribution is 5.91. The SMILES string of the molecule is CC(C)(C)OC(=O)N1CC(COc2cc(-c3ccc(O)cc3)cc3c2cnn3C2CCCCO2)C1.Oc1ccc(-c2cc3c(c(OCC4CNC4)c2)C=NC3)cc1. The number of hydrogen-bond acceptors (Lipinski definition) is 10. The van der Waals surface area contributed by atoms with Crippen molar-refractivity contribution in [1.29, 1.82) is 0 Å². The summed E-state index contributed by atoms with van der Waals surface area (Å²) >= 11 is 0. The summed E-state index contributed by atoms with van der Waals surface area (Å²) in [5.41, 5.74) is 6.90. The molecule has 57 heavy (non-hydrogen) atoms. The van der Waals surface area contributed by atoms with Crippen LogP contribution < -0.4 is 14.8 Å². The molecule has 4 aliphatic heterocycles. The molecule has 12 nitrogen and oxygen atoms in total. The lowest BCUT2D eigenvalue weighted by atomic mass is 9.99. The zero-order chi connectivity index (χ0) is 39.5. The van der Waals surface area contributed by atoms with Crippen LogP contribution in [0.2, 0.25) is 0 Å². The number of rotatable bonds is 9. The largest absolute Gasteiger partial charge is 0.508 e. The Bertz CT molecular complexity index is 2210. The third kappa shape index (κ3) is 9.03. The number of benzene rings is 4. The predicted octanol–water partition coefficient (Wildman–Crippen LogP) is 7.94. The minimum Gasteiger partial charge on any atom is -0.508 e. The molecule has 0 spiro atoms. The highest BCUT2D eigenvalue weighted by atomic mass is 16.6. The fourth-order valence-corrected chi connectivity index (χ4v) is 7.37. The monoisotopic (exact) mass is 773 g/mol. The number of fused-ring (bicyclic) bond motifs is 2. The van der Waals surface area contributed by atoms with Gasteiger partial charge in [-0.2, -0.15) is 5.10 Å². The summed E-state index contributed by atoms with van der Waals surface area (Å²) in [5, 5.41) is 28.0. The van der Waals surface area contributed by atoms with Crippen LogP contribution in [0.4, 0.5) is 4.79 Å². The number of likely N-dealkylation sites (tertiary alicyclic amines) is 1. The molecule has 0 aliphatic carbocycles. The Morgan fingerprint density at radius 1 is 0.842 bits per heavy atom. The molecule has 5 aromatic rings. The van der Waals surface area contributed by atoms with E-state index in [4.69, 9.17) is 18.9 Å². The molecule has 0 saturated carbocycles. The van der Waals surface area contributed by atoms with E-state index >= 15 is 0 Å². The number of ether oxygens (including phenoxy) is 4. The van der Waals surface area contributed by atoms with E-state index in [9.17, 15) is 15.0 Å². The minimum absolute atomic E-state index is 0.0850. The Morgan fingerprint density at radius 3 is 2.12 bits per heavy atom. The molecular weight excluding hydrogens is 723 g/mol. The third-order valence-corrected chi connectivity index (χ3v) is 10.6. The number of carbonyl (C=O) groups is 1. The maximum Gasteiger partial charge on any atom is 0.410 e. The zero-order valence-electron chi connectivity index (χ0n) is 32.8. The Hall–Kier alpha value is -5.59. The Kier molecular flexibility index (Phi) is 11.1. The number of amides is 1. The van der Waals surface area contributed by atoms with Gasteiger partial charge in [0.2, 0.25) is 0 Å². The molecular formula is C45H51N5O7. The number of nitrogens with zero attached hydrogens (tertiary/aromatic N) is 4. The summed E-state index contributed by atoms with van der Waals surface area (Å²) in [6, 6.07) is 22.8. The van der Waals surface area contributed by atoms with Crippen LogP contribution >= 0.6 is 0 Å². The Balaban J connectivity index is 0.000000177. The molecule has 4 aliphatic rings. The highest BCUT2D eigenvalue weighted by Crippen LogP contribution is 2.37. The number of hydrogen-bond donors (Lipinski definition) is 3. The van der Waals surface area contributed by atoms with Gasteiger partial charge in [0.25, 0.3) is 0 Å². The molecule has 3 saturated heterocycles. The van der Waals surface area contributed by atoms with Gasteiger partial charge >= 0.3 is 6.09 Å². The molecule has 3 N–H and O–H groups in total. The number of aromatic hydroxyl groups is 2. The van der Waals surface area contributed by atoms with E-state index in [1.165, 1.54) is 5.56 Å². The molecule has 1 aromatic heterocycles. The Morgan fingerprint density at radius 2 is 1.49 bits per heavy atom. The van der Waals surface area contributed by atoms with E-state index < -0.39 is 5.60 Å². The molecule has 12 heteroatoms. The minimum atomic E-state index is -0.499. The molecule has 4 aromatic carbocycles. The highest BCUT2D eigenvalue weighted by Gasteiger charge is 2.34. The Labute approximate surface area is 333 Å². The molecule has 298 valence electrons. The fourth-order valence-electron chi connectivity index (χ4n) is 7.37. The van der Waals surface area contributed by atoms with Gasteiger partial charge in [0.1, 0.15) is 28.6 Å². The van der Waals surface area contributed by atoms with Crippen molar-refractivity contribution in [2.24, 2.45) is 16.8 Å². The average molecular weight is 774 g/mol. The number of aliphatic imine (C=N–C) groups is 1. The number of nitrogens with one attached hydrogen (secondary N) is 1. The van der Waals surface area contributed by atoms with Crippen LogP contribution in [0.15, 0.2) is 84.0 Å². The lowest BCUT2D eigenvalue weighted by molar-refractivity contribution is -0.0366. The first-order chi connectivity index (χ1) is 27.6. The number of phenols is 2. The van der Waals surface area contributed by atoms with Crippen LogP contribution in [-0.4, -0.2) is 88.8 Å². The standard InChI is InChI=1S/C27H33N3O5.C18H18N2O2/c1-27(2,3)35-26(32)29-15-18(16-29)17-34-24-13-20(19-7-9-21(31)10-8-19)12-23-22(24)14-28-30(23)25-6-4-5-11-33-25;21-16-3-1-13(2-4-16)14-5-15-9-20-10-17(15)18(6-14)22-11-12-7-19-8-12/h7-10,12-14,18,25,31H,4-6,11,15-17H2,1-3H3;1-6,10,12,19,21H,7-9,11H2. The maximum absolute atomic E-state index is 12.2. The van der Waals surface area contributed by atoms with Gasteiger partial charge in [-0.05, 0) is 116 Å². The van der Waals surface area contributed by atoms with Crippen molar-refractivity contribution in [2.45, 2.75) is 58.4 Å². The smallest absolute Gasteiger partial charge is 0.410 e. The first-order valence-corrected chi connectivity index (χ1v) is 19.9. The van der Waals surface area contributed by atoms with Gasteiger partial charge < -0.3 is 39.4 Å². The van der Waals surface area contributed by atoms with E-state index in [0.29, 0.717) is 32.2 Å². The topological polar surface area (TPSA) is 140 Å². The zero-order valence-corrected chi connectivity index (χ0v) is 32.8. The molecule has 1 unspecified atom stereocenters. The lowest BCUT2D eigenvalue weighted by Gasteiger charge is -2.39. The second-order valence-corrected chi connectivity index (χ2v) is 16.3. The van der Waals surface area contributed by atoms with E-state index in [2.05, 4.69) is 33.6 Å². The van der Waals surface area contributed by atoms with Gasteiger partial charge in [-0.3, -0.25) is 4.99 Å². The first kappa shape index (κ1) is 38.3. The first-order valence-electron chi connectivity index (χ1n) is 19.9. The van der Waals surface area contributed by atoms with E-state index in [0.717, 1.165) is 95.8 Å². The average Bonchev–Trinajstić information content (AvgIpc) is 3.82. The summed E-state index contributed by atoms with van der Waals surface area (Å²) in [6.45, 7) is 11.6. The van der Waals surface area contributed by atoms with Gasteiger partial charge in [-0.25, -0.2) is 9.48 Å². The van der Waals surface area contributed by atoms with E-state index in [-0.39, 0.29) is 29.7 Å². The van der Waals surface area contributed by atoms with Crippen molar-refractivity contribution in [2.75, 3.05) is 46.0 Å². The van der Waals surface area contributed by atoms with Gasteiger partial charge in [0, 0.05) is 56.4 Å². The number of phenolic OH excluding ortho intramolecular Hbond substituents is 2. The molecule has 0 radical (unpaired) electrons. The van der Waals surface area contributed by atoms with Crippen molar-refractivity contribution in [3.05, 3.63) is 90.1 Å². The summed E-state index contributed by atoms with van der Waals surface area (Å²) in [4.78, 5) is 18.3. The third-order valence-electron chi connectivity index (χ3n) is 10.6. The molecule has 0 bridgehead atoms. The van der Waals surface area contributed by atoms with Crippen molar-refractivity contribution in [3.63, 3.8) is 0 Å². The van der Waals surface area contributed by atoms with Gasteiger partial charge in [-0.15, -0.1) is 0 Å². The predicted molar refractivity (Wildman–Crippen MR) is 219 cm³/mol. The molecule has 1 atom stereocenters. The van der Waals surface area contributed by atoms with E-state index in [1.54, 1.807) is 29.2 Å². The molecule has 5 heterocycles. The van der Waals surface area contributed by atoms with Gasteiger partial charge in [-0.1, -0.05) is 24.3 Å². The molecule has 1 amide bonds. The second kappa shape index (κ2) is 16.5. The quantitative estimate of drug-likeness (QED) is 0.136. The van der Waals surface area contributed by atoms with Crippen molar-refractivity contribution in [1.82, 2.24) is 20.0 Å². The van der Waals surface area contributed by atoms with Crippen LogP contribution in [0, 0.1) is 11.8 Å². The number of aromatic nitrogens is 2. The van der Waals surface area contributed by atoms with Crippen LogP contribution in [-0.2, 0) is 16.0 Å². The normalized spacial score (nSPS) is 17.9. The van der Waals surface area contributed by atoms with Crippen molar-refractivity contribution < 1.29 is 34.0 Å². The van der Waals surface area contributed by atoms with Gasteiger partial charge in [0.15, 0.2) is 6.23 Å².